The Morgan fingerprint density at radius 2 is 1.80 bits per heavy atom. The maximum atomic E-state index is 12.5. The molecule has 2 bridgehead atoms. The first-order valence-electron chi connectivity index (χ1n) is 10.3. The highest BCUT2D eigenvalue weighted by atomic mass is 35.5. The van der Waals surface area contributed by atoms with Gasteiger partial charge >= 0.3 is 0 Å². The number of benzene rings is 2. The number of hydrogen-bond acceptors (Lipinski definition) is 4. The molecule has 3 aliphatic rings. The van der Waals surface area contributed by atoms with E-state index in [-0.39, 0.29) is 18.1 Å². The Morgan fingerprint density at radius 3 is 2.47 bits per heavy atom. The van der Waals surface area contributed by atoms with E-state index in [0.29, 0.717) is 22.2 Å². The van der Waals surface area contributed by atoms with Gasteiger partial charge < -0.3 is 20.5 Å². The molecule has 3 N–H and O–H groups in total. The quantitative estimate of drug-likeness (QED) is 0.596. The number of rotatable bonds is 7. The summed E-state index contributed by atoms with van der Waals surface area (Å²) in [6, 6.07) is 15.2. The summed E-state index contributed by atoms with van der Waals surface area (Å²) in [5.74, 6) is 0.237. The Hall–Kier alpha value is -1.79. The second-order valence-corrected chi connectivity index (χ2v) is 9.22. The van der Waals surface area contributed by atoms with Crippen molar-refractivity contribution in [3.63, 3.8) is 0 Å². The lowest BCUT2D eigenvalue weighted by molar-refractivity contribution is -0.132. The molecule has 3 aliphatic carbocycles. The number of amides is 1. The SMILES string of the molecule is O=C(COc1ccc(Cl)c(Cl)c1)NC12CCC(NCc3ccccc3)(CC1)C[C@@H]2O. The van der Waals surface area contributed by atoms with Gasteiger partial charge in [0.15, 0.2) is 6.61 Å². The Bertz CT molecular complexity index is 899. The smallest absolute Gasteiger partial charge is 0.258 e. The molecule has 0 saturated heterocycles. The van der Waals surface area contributed by atoms with Crippen molar-refractivity contribution < 1.29 is 14.6 Å². The molecule has 3 fully saturated rings. The molecule has 160 valence electrons. The second kappa shape index (κ2) is 8.75. The van der Waals surface area contributed by atoms with Crippen molar-refractivity contribution in [3.8, 4) is 5.75 Å². The minimum absolute atomic E-state index is 0.0711. The number of ether oxygens (including phenoxy) is 1. The summed E-state index contributed by atoms with van der Waals surface area (Å²) < 4.78 is 5.54. The molecule has 0 aliphatic heterocycles. The van der Waals surface area contributed by atoms with Crippen molar-refractivity contribution in [2.24, 2.45) is 0 Å². The fraction of sp³-hybridized carbons (Fsp3) is 0.435. The summed E-state index contributed by atoms with van der Waals surface area (Å²) in [5, 5.41) is 18.4. The fourth-order valence-corrected chi connectivity index (χ4v) is 4.94. The molecule has 2 aromatic carbocycles. The Balaban J connectivity index is 1.31. The molecule has 1 amide bonds. The zero-order valence-corrected chi connectivity index (χ0v) is 18.2. The summed E-state index contributed by atoms with van der Waals surface area (Å²) in [4.78, 5) is 12.5. The Labute approximate surface area is 186 Å². The maximum Gasteiger partial charge on any atom is 0.258 e. The predicted molar refractivity (Wildman–Crippen MR) is 118 cm³/mol. The summed E-state index contributed by atoms with van der Waals surface area (Å²) in [5.41, 5.74) is 0.587. The van der Waals surface area contributed by atoms with Crippen LogP contribution in [0.15, 0.2) is 48.5 Å². The van der Waals surface area contributed by atoms with Crippen molar-refractivity contribution in [2.75, 3.05) is 6.61 Å². The van der Waals surface area contributed by atoms with Crippen molar-refractivity contribution in [1.29, 1.82) is 0 Å². The number of halogens is 2. The molecule has 7 heteroatoms. The van der Waals surface area contributed by atoms with Crippen LogP contribution >= 0.6 is 23.2 Å². The number of aliphatic hydroxyl groups excluding tert-OH is 1. The van der Waals surface area contributed by atoms with Gasteiger partial charge in [-0.05, 0) is 49.8 Å². The topological polar surface area (TPSA) is 70.6 Å². The van der Waals surface area contributed by atoms with Gasteiger partial charge in [-0.3, -0.25) is 4.79 Å². The van der Waals surface area contributed by atoms with Crippen molar-refractivity contribution >= 4 is 29.1 Å². The van der Waals surface area contributed by atoms with Crippen molar-refractivity contribution in [3.05, 3.63) is 64.1 Å². The largest absolute Gasteiger partial charge is 0.484 e. The lowest BCUT2D eigenvalue weighted by atomic mass is 9.60. The lowest BCUT2D eigenvalue weighted by Gasteiger charge is -2.56. The number of carbonyl (C=O) groups is 1. The molecule has 5 nitrogen and oxygen atoms in total. The summed E-state index contributed by atoms with van der Waals surface area (Å²) >= 11 is 11.9. The average molecular weight is 449 g/mol. The summed E-state index contributed by atoms with van der Waals surface area (Å²) in [6.45, 7) is 0.647. The minimum Gasteiger partial charge on any atom is -0.484 e. The predicted octanol–water partition coefficient (Wildman–Crippen LogP) is 4.09. The van der Waals surface area contributed by atoms with Gasteiger partial charge in [0.2, 0.25) is 0 Å². The van der Waals surface area contributed by atoms with Gasteiger partial charge in [-0.1, -0.05) is 53.5 Å². The minimum atomic E-state index is -0.586. The molecule has 0 spiro atoms. The molecule has 30 heavy (non-hydrogen) atoms. The van der Waals surface area contributed by atoms with E-state index >= 15 is 0 Å². The van der Waals surface area contributed by atoms with Crippen LogP contribution in [0.25, 0.3) is 0 Å². The zero-order valence-electron chi connectivity index (χ0n) is 16.7. The molecular formula is C23H26Cl2N2O3. The first kappa shape index (κ1) is 21.4. The van der Waals surface area contributed by atoms with E-state index in [1.54, 1.807) is 18.2 Å². The monoisotopic (exact) mass is 448 g/mol. The third kappa shape index (κ3) is 4.59. The standard InChI is InChI=1S/C23H26Cl2N2O3/c24-18-7-6-17(12-19(18)25)30-15-21(29)27-23-10-8-22(9-11-23,13-20(23)28)26-14-16-4-2-1-3-5-16/h1-7,12,20,26,28H,8-11,13-15H2,(H,27,29)/t20-,22?,23?/m0/s1. The van der Waals surface area contributed by atoms with Crippen LogP contribution < -0.4 is 15.4 Å². The Kier molecular flexibility index (Phi) is 6.26. The average Bonchev–Trinajstić information content (AvgIpc) is 2.75. The molecule has 3 saturated carbocycles. The second-order valence-electron chi connectivity index (χ2n) is 8.41. The van der Waals surface area contributed by atoms with E-state index < -0.39 is 11.6 Å². The van der Waals surface area contributed by atoms with Crippen LogP contribution in [0.3, 0.4) is 0 Å². The highest BCUT2D eigenvalue weighted by Gasteiger charge is 2.54. The zero-order chi connectivity index (χ0) is 21.2. The molecule has 0 aromatic heterocycles. The third-order valence-electron chi connectivity index (χ3n) is 6.48. The van der Waals surface area contributed by atoms with E-state index in [1.807, 2.05) is 18.2 Å². The molecule has 0 unspecified atom stereocenters. The van der Waals surface area contributed by atoms with Crippen molar-refractivity contribution in [1.82, 2.24) is 10.6 Å². The van der Waals surface area contributed by atoms with Crippen molar-refractivity contribution in [2.45, 2.75) is 55.8 Å². The highest BCUT2D eigenvalue weighted by Crippen LogP contribution is 2.47. The fourth-order valence-electron chi connectivity index (χ4n) is 4.65. The van der Waals surface area contributed by atoms with Crippen LogP contribution in [-0.4, -0.2) is 34.8 Å². The number of aliphatic hydroxyl groups is 1. The maximum absolute atomic E-state index is 12.5. The number of carbonyl (C=O) groups excluding carboxylic acids is 1. The van der Waals surface area contributed by atoms with E-state index in [2.05, 4.69) is 22.8 Å². The number of nitrogens with one attached hydrogen (secondary N) is 2. The van der Waals surface area contributed by atoms with Crippen LogP contribution in [0.5, 0.6) is 5.75 Å². The molecule has 1 atom stereocenters. The molecular weight excluding hydrogens is 423 g/mol. The normalized spacial score (nSPS) is 27.6. The van der Waals surface area contributed by atoms with E-state index in [1.165, 1.54) is 5.56 Å². The number of hydrogen-bond donors (Lipinski definition) is 3. The van der Waals surface area contributed by atoms with Crippen LogP contribution in [-0.2, 0) is 11.3 Å². The molecule has 0 radical (unpaired) electrons. The highest BCUT2D eigenvalue weighted by molar-refractivity contribution is 6.42. The van der Waals surface area contributed by atoms with E-state index in [9.17, 15) is 9.90 Å². The van der Waals surface area contributed by atoms with Gasteiger partial charge in [0, 0.05) is 18.2 Å². The molecule has 2 aromatic rings. The first-order chi connectivity index (χ1) is 14.4. The number of fused-ring (bicyclic) bond motifs is 3. The van der Waals surface area contributed by atoms with Crippen LogP contribution in [0, 0.1) is 0 Å². The summed E-state index contributed by atoms with van der Waals surface area (Å²) in [7, 11) is 0. The first-order valence-corrected chi connectivity index (χ1v) is 11.0. The van der Waals surface area contributed by atoms with E-state index in [0.717, 1.165) is 32.2 Å². The van der Waals surface area contributed by atoms with Gasteiger partial charge in [0.05, 0.1) is 21.7 Å². The lowest BCUT2D eigenvalue weighted by Crippen LogP contribution is -2.69. The van der Waals surface area contributed by atoms with Gasteiger partial charge in [-0.2, -0.15) is 0 Å². The van der Waals surface area contributed by atoms with Gasteiger partial charge in [-0.25, -0.2) is 0 Å². The van der Waals surface area contributed by atoms with Crippen LogP contribution in [0.4, 0.5) is 0 Å². The van der Waals surface area contributed by atoms with Gasteiger partial charge in [0.25, 0.3) is 5.91 Å². The third-order valence-corrected chi connectivity index (χ3v) is 7.22. The van der Waals surface area contributed by atoms with E-state index in [4.69, 9.17) is 27.9 Å². The summed E-state index contributed by atoms with van der Waals surface area (Å²) in [6.07, 6.45) is 3.38. The molecule has 5 rings (SSSR count). The van der Waals surface area contributed by atoms with Crippen LogP contribution in [0.1, 0.15) is 37.7 Å². The Morgan fingerprint density at radius 1 is 1.07 bits per heavy atom. The van der Waals surface area contributed by atoms with Gasteiger partial charge in [0.1, 0.15) is 5.75 Å². The molecule has 0 heterocycles. The van der Waals surface area contributed by atoms with Crippen LogP contribution in [0.2, 0.25) is 10.0 Å². The van der Waals surface area contributed by atoms with Gasteiger partial charge in [-0.15, -0.1) is 0 Å².